The van der Waals surface area contributed by atoms with Gasteiger partial charge in [0, 0.05) is 18.7 Å². The third-order valence-electron chi connectivity index (χ3n) is 5.33. The summed E-state index contributed by atoms with van der Waals surface area (Å²) in [5.74, 6) is 1.55. The van der Waals surface area contributed by atoms with Crippen LogP contribution in [0.15, 0.2) is 48.5 Å². The predicted molar refractivity (Wildman–Crippen MR) is 109 cm³/mol. The van der Waals surface area contributed by atoms with Gasteiger partial charge in [-0.1, -0.05) is 31.2 Å². The van der Waals surface area contributed by atoms with Gasteiger partial charge in [-0.15, -0.1) is 0 Å². The minimum absolute atomic E-state index is 0.0449. The van der Waals surface area contributed by atoms with Crippen LogP contribution < -0.4 is 10.1 Å². The molecule has 2 aromatic rings. The number of carbonyl (C=O) groups excluding carboxylic acids is 1. The number of amides is 1. The third kappa shape index (κ3) is 5.33. The van der Waals surface area contributed by atoms with E-state index in [0.29, 0.717) is 5.56 Å². The number of likely N-dealkylation sites (tertiary alicyclic amines) is 1. The van der Waals surface area contributed by atoms with Gasteiger partial charge in [0.05, 0.1) is 13.2 Å². The molecular formula is C23H30N2O2. The second-order valence-electron chi connectivity index (χ2n) is 7.65. The molecule has 0 bridgehead atoms. The molecule has 1 saturated heterocycles. The standard InChI is InChI=1S/C23H30N2O2/c1-17-5-4-14-25(15-17)16-19-6-8-21(9-7-19)23(26)24-18(2)20-10-12-22(27-3)13-11-20/h6-13,17-18H,4-5,14-16H2,1-3H3,(H,24,26)/t17-,18+/m0/s1. The van der Waals surface area contributed by atoms with Crippen molar-refractivity contribution in [1.29, 1.82) is 0 Å². The van der Waals surface area contributed by atoms with Gasteiger partial charge in [-0.05, 0) is 67.6 Å². The fraction of sp³-hybridized carbons (Fsp3) is 0.435. The topological polar surface area (TPSA) is 41.6 Å². The summed E-state index contributed by atoms with van der Waals surface area (Å²) in [7, 11) is 1.65. The molecule has 2 aromatic carbocycles. The average Bonchev–Trinajstić information content (AvgIpc) is 2.68. The molecule has 0 unspecified atom stereocenters. The minimum atomic E-state index is -0.0575. The summed E-state index contributed by atoms with van der Waals surface area (Å²) in [5.41, 5.74) is 3.02. The molecule has 4 heteroatoms. The fourth-order valence-corrected chi connectivity index (χ4v) is 3.71. The van der Waals surface area contributed by atoms with Gasteiger partial charge in [0.15, 0.2) is 0 Å². The number of ether oxygens (including phenoxy) is 1. The van der Waals surface area contributed by atoms with E-state index in [1.807, 2.05) is 43.3 Å². The van der Waals surface area contributed by atoms with E-state index in [4.69, 9.17) is 4.74 Å². The van der Waals surface area contributed by atoms with Crippen LogP contribution >= 0.6 is 0 Å². The van der Waals surface area contributed by atoms with E-state index in [9.17, 15) is 4.79 Å². The predicted octanol–water partition coefficient (Wildman–Crippen LogP) is 4.42. The van der Waals surface area contributed by atoms with Gasteiger partial charge in [0.1, 0.15) is 5.75 Å². The molecule has 3 rings (SSSR count). The molecule has 0 aromatic heterocycles. The van der Waals surface area contributed by atoms with Crippen LogP contribution in [-0.2, 0) is 6.54 Å². The van der Waals surface area contributed by atoms with Crippen molar-refractivity contribution >= 4 is 5.91 Å². The van der Waals surface area contributed by atoms with Crippen molar-refractivity contribution in [2.24, 2.45) is 5.92 Å². The Morgan fingerprint density at radius 1 is 1.19 bits per heavy atom. The summed E-state index contributed by atoms with van der Waals surface area (Å²) < 4.78 is 5.18. The molecule has 1 heterocycles. The van der Waals surface area contributed by atoms with Gasteiger partial charge in [0.25, 0.3) is 5.91 Å². The van der Waals surface area contributed by atoms with Gasteiger partial charge in [0.2, 0.25) is 0 Å². The van der Waals surface area contributed by atoms with E-state index in [0.717, 1.165) is 23.8 Å². The van der Waals surface area contributed by atoms with Crippen LogP contribution in [0.25, 0.3) is 0 Å². The lowest BCUT2D eigenvalue weighted by atomic mass is 9.99. The maximum Gasteiger partial charge on any atom is 0.251 e. The Labute approximate surface area is 162 Å². The molecule has 4 nitrogen and oxygen atoms in total. The summed E-state index contributed by atoms with van der Waals surface area (Å²) in [4.78, 5) is 15.1. The number of hydrogen-bond acceptors (Lipinski definition) is 3. The number of rotatable bonds is 6. The first-order valence-corrected chi connectivity index (χ1v) is 9.81. The van der Waals surface area contributed by atoms with Crippen molar-refractivity contribution < 1.29 is 9.53 Å². The summed E-state index contributed by atoms with van der Waals surface area (Å²) in [6.07, 6.45) is 2.62. The number of benzene rings is 2. The van der Waals surface area contributed by atoms with E-state index in [-0.39, 0.29) is 11.9 Å². The molecule has 27 heavy (non-hydrogen) atoms. The summed E-state index contributed by atoms with van der Waals surface area (Å²) in [5, 5.41) is 3.07. The quantitative estimate of drug-likeness (QED) is 0.823. The van der Waals surface area contributed by atoms with Crippen molar-refractivity contribution in [3.8, 4) is 5.75 Å². The first kappa shape index (κ1) is 19.4. The Bertz CT molecular complexity index is 740. The molecule has 0 aliphatic carbocycles. The highest BCUT2D eigenvalue weighted by Crippen LogP contribution is 2.19. The van der Waals surface area contributed by atoms with Crippen molar-refractivity contribution in [1.82, 2.24) is 10.2 Å². The molecule has 1 aliphatic heterocycles. The lowest BCUT2D eigenvalue weighted by Gasteiger charge is -2.30. The lowest BCUT2D eigenvalue weighted by Crippen LogP contribution is -2.33. The molecule has 0 radical (unpaired) electrons. The highest BCUT2D eigenvalue weighted by molar-refractivity contribution is 5.94. The Hall–Kier alpha value is -2.33. The first-order valence-electron chi connectivity index (χ1n) is 9.81. The Balaban J connectivity index is 1.56. The zero-order valence-electron chi connectivity index (χ0n) is 16.6. The van der Waals surface area contributed by atoms with Gasteiger partial charge < -0.3 is 10.1 Å². The van der Waals surface area contributed by atoms with Crippen LogP contribution in [0.1, 0.15) is 54.2 Å². The summed E-state index contributed by atoms with van der Waals surface area (Å²) in [6, 6.07) is 15.7. The molecular weight excluding hydrogens is 336 g/mol. The van der Waals surface area contributed by atoms with E-state index < -0.39 is 0 Å². The first-order chi connectivity index (χ1) is 13.0. The van der Waals surface area contributed by atoms with E-state index >= 15 is 0 Å². The van der Waals surface area contributed by atoms with Crippen LogP contribution in [0, 0.1) is 5.92 Å². The monoisotopic (exact) mass is 366 g/mol. The van der Waals surface area contributed by atoms with Crippen LogP contribution in [0.3, 0.4) is 0 Å². The molecule has 1 N–H and O–H groups in total. The molecule has 144 valence electrons. The van der Waals surface area contributed by atoms with Gasteiger partial charge >= 0.3 is 0 Å². The van der Waals surface area contributed by atoms with Gasteiger partial charge in [-0.3, -0.25) is 9.69 Å². The van der Waals surface area contributed by atoms with Gasteiger partial charge in [-0.2, -0.15) is 0 Å². The molecule has 0 spiro atoms. The van der Waals surface area contributed by atoms with Crippen molar-refractivity contribution in [3.63, 3.8) is 0 Å². The Morgan fingerprint density at radius 3 is 2.52 bits per heavy atom. The largest absolute Gasteiger partial charge is 0.497 e. The fourth-order valence-electron chi connectivity index (χ4n) is 3.71. The number of hydrogen-bond donors (Lipinski definition) is 1. The lowest BCUT2D eigenvalue weighted by molar-refractivity contribution is 0.0940. The number of carbonyl (C=O) groups is 1. The zero-order chi connectivity index (χ0) is 19.2. The zero-order valence-corrected chi connectivity index (χ0v) is 16.6. The van der Waals surface area contributed by atoms with Gasteiger partial charge in [-0.25, -0.2) is 0 Å². The smallest absolute Gasteiger partial charge is 0.251 e. The molecule has 1 amide bonds. The van der Waals surface area contributed by atoms with Crippen molar-refractivity contribution in [3.05, 3.63) is 65.2 Å². The number of nitrogens with one attached hydrogen (secondary N) is 1. The highest BCUT2D eigenvalue weighted by Gasteiger charge is 2.16. The third-order valence-corrected chi connectivity index (χ3v) is 5.33. The van der Waals surface area contributed by atoms with Crippen LogP contribution in [-0.4, -0.2) is 31.0 Å². The van der Waals surface area contributed by atoms with Crippen LogP contribution in [0.4, 0.5) is 0 Å². The normalized spacial score (nSPS) is 18.7. The summed E-state index contributed by atoms with van der Waals surface area (Å²) in [6.45, 7) is 7.62. The van der Waals surface area contributed by atoms with Crippen LogP contribution in [0.2, 0.25) is 0 Å². The highest BCUT2D eigenvalue weighted by atomic mass is 16.5. The minimum Gasteiger partial charge on any atom is -0.497 e. The Morgan fingerprint density at radius 2 is 1.89 bits per heavy atom. The van der Waals surface area contributed by atoms with Crippen LogP contribution in [0.5, 0.6) is 5.75 Å². The van der Waals surface area contributed by atoms with E-state index in [1.54, 1.807) is 7.11 Å². The SMILES string of the molecule is COc1ccc([C@@H](C)NC(=O)c2ccc(CN3CCC[C@H](C)C3)cc2)cc1. The molecule has 2 atom stereocenters. The molecule has 1 aliphatic rings. The number of methoxy groups -OCH3 is 1. The average molecular weight is 367 g/mol. The maximum atomic E-state index is 12.5. The molecule has 0 saturated carbocycles. The number of piperidine rings is 1. The second kappa shape index (κ2) is 9.05. The Kier molecular flexibility index (Phi) is 6.51. The van der Waals surface area contributed by atoms with E-state index in [2.05, 4.69) is 29.3 Å². The van der Waals surface area contributed by atoms with E-state index in [1.165, 1.54) is 31.5 Å². The number of nitrogens with zero attached hydrogens (tertiary/aromatic N) is 1. The molecule has 1 fully saturated rings. The summed E-state index contributed by atoms with van der Waals surface area (Å²) >= 11 is 0. The maximum absolute atomic E-state index is 12.5. The second-order valence-corrected chi connectivity index (χ2v) is 7.65. The van der Waals surface area contributed by atoms with Crippen molar-refractivity contribution in [2.45, 2.75) is 39.3 Å². The van der Waals surface area contributed by atoms with Crippen molar-refractivity contribution in [2.75, 3.05) is 20.2 Å².